The standard InChI is InChI=1S/C17H11NO3/c18-11-15(16(19)13-4-2-1-3-5-13)10-12-6-8-14(9-7-12)17(20)21/h1-10H,(H,20,21)/b15-10+. The lowest BCUT2D eigenvalue weighted by atomic mass is 10.0. The highest BCUT2D eigenvalue weighted by atomic mass is 16.4. The Kier molecular flexibility index (Phi) is 4.27. The summed E-state index contributed by atoms with van der Waals surface area (Å²) in [6, 6.07) is 16.4. The Labute approximate surface area is 121 Å². The third kappa shape index (κ3) is 3.43. The molecule has 0 amide bonds. The molecule has 0 heterocycles. The molecule has 21 heavy (non-hydrogen) atoms. The van der Waals surface area contributed by atoms with Gasteiger partial charge in [0.05, 0.1) is 5.56 Å². The number of nitriles is 1. The monoisotopic (exact) mass is 277 g/mol. The Bertz CT molecular complexity index is 738. The first-order chi connectivity index (χ1) is 10.1. The zero-order valence-corrected chi connectivity index (χ0v) is 11.0. The molecule has 0 aliphatic carbocycles. The molecule has 4 heteroatoms. The minimum Gasteiger partial charge on any atom is -0.478 e. The molecule has 2 aromatic carbocycles. The predicted molar refractivity (Wildman–Crippen MR) is 77.8 cm³/mol. The fourth-order valence-electron chi connectivity index (χ4n) is 1.78. The second kappa shape index (κ2) is 6.31. The minimum absolute atomic E-state index is 0.00396. The van der Waals surface area contributed by atoms with Crippen LogP contribution in [0.5, 0.6) is 0 Å². The van der Waals surface area contributed by atoms with Gasteiger partial charge in [-0.15, -0.1) is 0 Å². The van der Waals surface area contributed by atoms with Crippen molar-refractivity contribution in [2.75, 3.05) is 0 Å². The van der Waals surface area contributed by atoms with Gasteiger partial charge < -0.3 is 5.11 Å². The van der Waals surface area contributed by atoms with Gasteiger partial charge in [-0.05, 0) is 23.8 Å². The highest BCUT2D eigenvalue weighted by molar-refractivity contribution is 6.14. The van der Waals surface area contributed by atoms with E-state index in [2.05, 4.69) is 0 Å². The molecule has 0 radical (unpaired) electrons. The second-order valence-corrected chi connectivity index (χ2v) is 4.29. The number of ketones is 1. The first-order valence-corrected chi connectivity index (χ1v) is 6.16. The predicted octanol–water partition coefficient (Wildman–Crippen LogP) is 3.17. The van der Waals surface area contributed by atoms with Crippen molar-refractivity contribution in [1.82, 2.24) is 0 Å². The molecule has 4 nitrogen and oxygen atoms in total. The number of hydrogen-bond donors (Lipinski definition) is 1. The lowest BCUT2D eigenvalue weighted by molar-refractivity contribution is 0.0696. The smallest absolute Gasteiger partial charge is 0.335 e. The van der Waals surface area contributed by atoms with Crippen LogP contribution < -0.4 is 0 Å². The van der Waals surface area contributed by atoms with E-state index in [1.165, 1.54) is 18.2 Å². The van der Waals surface area contributed by atoms with E-state index in [0.717, 1.165) is 0 Å². The van der Waals surface area contributed by atoms with Crippen LogP contribution in [0, 0.1) is 11.3 Å². The molecule has 0 fully saturated rings. The van der Waals surface area contributed by atoms with Gasteiger partial charge in [-0.2, -0.15) is 5.26 Å². The summed E-state index contributed by atoms with van der Waals surface area (Å²) >= 11 is 0. The summed E-state index contributed by atoms with van der Waals surface area (Å²) in [6.07, 6.45) is 1.45. The molecule has 1 N–H and O–H groups in total. The minimum atomic E-state index is -1.02. The van der Waals surface area contributed by atoms with E-state index in [-0.39, 0.29) is 16.9 Å². The number of hydrogen-bond acceptors (Lipinski definition) is 3. The molecule has 0 saturated carbocycles. The van der Waals surface area contributed by atoms with Crippen molar-refractivity contribution in [2.45, 2.75) is 0 Å². The van der Waals surface area contributed by atoms with Gasteiger partial charge in [0.1, 0.15) is 11.6 Å². The highest BCUT2D eigenvalue weighted by Crippen LogP contribution is 2.13. The van der Waals surface area contributed by atoms with Crippen molar-refractivity contribution in [3.63, 3.8) is 0 Å². The molecule has 0 aliphatic rings. The number of allylic oxidation sites excluding steroid dienone is 1. The third-order valence-corrected chi connectivity index (χ3v) is 2.87. The number of carboxylic acids is 1. The summed E-state index contributed by atoms with van der Waals surface area (Å²) in [5.74, 6) is -1.38. The summed E-state index contributed by atoms with van der Waals surface area (Å²) in [7, 11) is 0. The van der Waals surface area contributed by atoms with E-state index in [9.17, 15) is 9.59 Å². The summed E-state index contributed by atoms with van der Waals surface area (Å²) in [4.78, 5) is 22.9. The Morgan fingerprint density at radius 2 is 1.57 bits per heavy atom. The number of carbonyl (C=O) groups is 2. The molecule has 2 aromatic rings. The summed E-state index contributed by atoms with van der Waals surface area (Å²) in [5, 5.41) is 17.9. The van der Waals surface area contributed by atoms with Gasteiger partial charge in [0.15, 0.2) is 0 Å². The van der Waals surface area contributed by atoms with Crippen molar-refractivity contribution >= 4 is 17.8 Å². The molecular formula is C17H11NO3. The average Bonchev–Trinajstić information content (AvgIpc) is 2.53. The zero-order valence-electron chi connectivity index (χ0n) is 11.0. The summed E-state index contributed by atoms with van der Waals surface area (Å²) in [5.41, 5.74) is 1.19. The molecule has 0 atom stereocenters. The van der Waals surface area contributed by atoms with Gasteiger partial charge >= 0.3 is 5.97 Å². The van der Waals surface area contributed by atoms with Gasteiger partial charge in [-0.1, -0.05) is 42.5 Å². The number of Topliss-reactive ketones (excluding diaryl/α,β-unsaturated/α-hetero) is 1. The van der Waals surface area contributed by atoms with Crippen LogP contribution in [0.2, 0.25) is 0 Å². The van der Waals surface area contributed by atoms with Crippen molar-refractivity contribution in [3.8, 4) is 6.07 Å². The zero-order chi connectivity index (χ0) is 15.2. The molecule has 2 rings (SSSR count). The van der Waals surface area contributed by atoms with Crippen molar-refractivity contribution < 1.29 is 14.7 Å². The Morgan fingerprint density at radius 1 is 0.952 bits per heavy atom. The third-order valence-electron chi connectivity index (χ3n) is 2.87. The van der Waals surface area contributed by atoms with E-state index in [0.29, 0.717) is 11.1 Å². The van der Waals surface area contributed by atoms with Gasteiger partial charge in [-0.25, -0.2) is 4.79 Å². The first-order valence-electron chi connectivity index (χ1n) is 6.16. The summed E-state index contributed by atoms with van der Waals surface area (Å²) < 4.78 is 0. The van der Waals surface area contributed by atoms with E-state index in [1.807, 2.05) is 6.07 Å². The fraction of sp³-hybridized carbons (Fsp3) is 0. The average molecular weight is 277 g/mol. The number of carbonyl (C=O) groups excluding carboxylic acids is 1. The van der Waals surface area contributed by atoms with Crippen LogP contribution in [-0.2, 0) is 0 Å². The number of aromatic carboxylic acids is 1. The van der Waals surface area contributed by atoms with Gasteiger partial charge in [0.25, 0.3) is 0 Å². The molecular weight excluding hydrogens is 266 g/mol. The molecule has 0 aliphatic heterocycles. The molecule has 0 bridgehead atoms. The molecule has 102 valence electrons. The van der Waals surface area contributed by atoms with Crippen LogP contribution in [0.4, 0.5) is 0 Å². The van der Waals surface area contributed by atoms with Gasteiger partial charge in [0, 0.05) is 5.56 Å². The number of rotatable bonds is 4. The maximum Gasteiger partial charge on any atom is 0.335 e. The van der Waals surface area contributed by atoms with Crippen LogP contribution in [0.3, 0.4) is 0 Å². The summed E-state index contributed by atoms with van der Waals surface area (Å²) in [6.45, 7) is 0. The SMILES string of the molecule is N#C/C(=C\c1ccc(C(=O)O)cc1)C(=O)c1ccccc1. The quantitative estimate of drug-likeness (QED) is 0.529. The van der Waals surface area contributed by atoms with Crippen molar-refractivity contribution in [3.05, 3.63) is 76.9 Å². The molecule has 0 saturated heterocycles. The van der Waals surface area contributed by atoms with E-state index in [4.69, 9.17) is 10.4 Å². The first kappa shape index (κ1) is 14.2. The Morgan fingerprint density at radius 3 is 2.10 bits per heavy atom. The fourth-order valence-corrected chi connectivity index (χ4v) is 1.78. The van der Waals surface area contributed by atoms with E-state index >= 15 is 0 Å². The normalized spacial score (nSPS) is 10.7. The van der Waals surface area contributed by atoms with Crippen LogP contribution in [0.15, 0.2) is 60.2 Å². The van der Waals surface area contributed by atoms with Crippen molar-refractivity contribution in [1.29, 1.82) is 5.26 Å². The topological polar surface area (TPSA) is 78.2 Å². The molecule has 0 unspecified atom stereocenters. The lowest BCUT2D eigenvalue weighted by Gasteiger charge is -2.00. The largest absolute Gasteiger partial charge is 0.478 e. The van der Waals surface area contributed by atoms with E-state index in [1.54, 1.807) is 42.5 Å². The highest BCUT2D eigenvalue weighted by Gasteiger charge is 2.11. The van der Waals surface area contributed by atoms with Crippen molar-refractivity contribution in [2.24, 2.45) is 0 Å². The lowest BCUT2D eigenvalue weighted by Crippen LogP contribution is -2.01. The Hall–Kier alpha value is -3.19. The van der Waals surface area contributed by atoms with E-state index < -0.39 is 5.97 Å². The van der Waals surface area contributed by atoms with Crippen LogP contribution >= 0.6 is 0 Å². The van der Waals surface area contributed by atoms with Gasteiger partial charge in [0.2, 0.25) is 5.78 Å². The Balaban J connectivity index is 2.31. The maximum absolute atomic E-state index is 12.2. The number of carboxylic acid groups (broad SMARTS) is 1. The number of nitrogens with zero attached hydrogens (tertiary/aromatic N) is 1. The molecule has 0 aromatic heterocycles. The van der Waals surface area contributed by atoms with Crippen LogP contribution in [0.25, 0.3) is 6.08 Å². The number of benzene rings is 2. The second-order valence-electron chi connectivity index (χ2n) is 4.29. The molecule has 0 spiro atoms. The maximum atomic E-state index is 12.2. The van der Waals surface area contributed by atoms with Gasteiger partial charge in [-0.3, -0.25) is 4.79 Å². The van der Waals surface area contributed by atoms with Crippen LogP contribution in [0.1, 0.15) is 26.3 Å². The van der Waals surface area contributed by atoms with Crippen LogP contribution in [-0.4, -0.2) is 16.9 Å².